The monoisotopic (exact) mass is 312 g/mol. The number of benzene rings is 1. The molecule has 0 saturated heterocycles. The van der Waals surface area contributed by atoms with E-state index in [9.17, 15) is 13.5 Å². The molecule has 5 nitrogen and oxygen atoms in total. The maximum absolute atomic E-state index is 12.4. The highest BCUT2D eigenvalue weighted by atomic mass is 32.2. The molecule has 0 bridgehead atoms. The Hall–Kier alpha value is -0.950. The molecule has 0 aromatic heterocycles. The van der Waals surface area contributed by atoms with Gasteiger partial charge in [0.1, 0.15) is 0 Å². The van der Waals surface area contributed by atoms with Gasteiger partial charge in [0.15, 0.2) is 0 Å². The molecule has 0 amide bonds. The lowest BCUT2D eigenvalue weighted by Crippen LogP contribution is -2.38. The minimum absolute atomic E-state index is 0.0955. The number of nitrogens with one attached hydrogen (secondary N) is 1. The standard InChI is InChI=1S/C15H24N2O3S/c1-2-15(16)11-4-3-5-14(10-11)21(19,20)17-12-6-8-13(18)9-7-12/h3-5,10,12-13,15,17-18H,2,6-9,16H2,1H3. The highest BCUT2D eigenvalue weighted by molar-refractivity contribution is 7.89. The molecule has 2 rings (SSSR count). The van der Waals surface area contributed by atoms with E-state index < -0.39 is 10.0 Å². The fourth-order valence-corrected chi connectivity index (χ4v) is 3.99. The predicted molar refractivity (Wildman–Crippen MR) is 82.2 cm³/mol. The van der Waals surface area contributed by atoms with Crippen LogP contribution >= 0.6 is 0 Å². The van der Waals surface area contributed by atoms with Crippen molar-refractivity contribution in [3.8, 4) is 0 Å². The maximum Gasteiger partial charge on any atom is 0.240 e. The molecular formula is C15H24N2O3S. The average Bonchev–Trinajstić information content (AvgIpc) is 2.49. The van der Waals surface area contributed by atoms with Crippen molar-refractivity contribution in [2.24, 2.45) is 5.73 Å². The van der Waals surface area contributed by atoms with E-state index in [1.807, 2.05) is 13.0 Å². The van der Waals surface area contributed by atoms with E-state index in [0.717, 1.165) is 12.0 Å². The van der Waals surface area contributed by atoms with Crippen molar-refractivity contribution >= 4 is 10.0 Å². The Kier molecular flexibility index (Phi) is 5.37. The van der Waals surface area contributed by atoms with Crippen LogP contribution in [-0.2, 0) is 10.0 Å². The molecule has 118 valence electrons. The number of sulfonamides is 1. The van der Waals surface area contributed by atoms with Gasteiger partial charge < -0.3 is 10.8 Å². The van der Waals surface area contributed by atoms with Crippen molar-refractivity contribution in [3.63, 3.8) is 0 Å². The SMILES string of the molecule is CCC(N)c1cccc(S(=O)(=O)NC2CCC(O)CC2)c1. The van der Waals surface area contributed by atoms with E-state index in [1.165, 1.54) is 0 Å². The molecule has 1 aromatic carbocycles. The van der Waals surface area contributed by atoms with E-state index in [2.05, 4.69) is 4.72 Å². The number of rotatable bonds is 5. The van der Waals surface area contributed by atoms with Crippen molar-refractivity contribution < 1.29 is 13.5 Å². The molecule has 1 aromatic rings. The summed E-state index contributed by atoms with van der Waals surface area (Å²) in [6, 6.07) is 6.57. The van der Waals surface area contributed by atoms with Crippen LogP contribution < -0.4 is 10.5 Å². The molecule has 1 aliphatic rings. The van der Waals surface area contributed by atoms with Crippen molar-refractivity contribution in [2.45, 2.75) is 62.1 Å². The number of hydrogen-bond donors (Lipinski definition) is 3. The van der Waals surface area contributed by atoms with Crippen LogP contribution in [0.25, 0.3) is 0 Å². The molecule has 1 aliphatic carbocycles. The molecule has 1 unspecified atom stereocenters. The highest BCUT2D eigenvalue weighted by Crippen LogP contribution is 2.22. The zero-order valence-corrected chi connectivity index (χ0v) is 13.1. The molecule has 1 saturated carbocycles. The van der Waals surface area contributed by atoms with E-state index in [-0.39, 0.29) is 23.1 Å². The van der Waals surface area contributed by atoms with Gasteiger partial charge in [0, 0.05) is 12.1 Å². The normalized spacial score (nSPS) is 24.7. The average molecular weight is 312 g/mol. The Balaban J connectivity index is 2.12. The lowest BCUT2D eigenvalue weighted by Gasteiger charge is -2.26. The number of aliphatic hydroxyl groups is 1. The molecule has 6 heteroatoms. The second-order valence-electron chi connectivity index (χ2n) is 5.71. The summed E-state index contributed by atoms with van der Waals surface area (Å²) in [5.74, 6) is 0. The van der Waals surface area contributed by atoms with Gasteiger partial charge in [0.2, 0.25) is 10.0 Å². The van der Waals surface area contributed by atoms with Gasteiger partial charge in [-0.25, -0.2) is 13.1 Å². The molecule has 0 aliphatic heterocycles. The summed E-state index contributed by atoms with van der Waals surface area (Å²) in [6.07, 6.45) is 3.11. The van der Waals surface area contributed by atoms with Gasteiger partial charge >= 0.3 is 0 Å². The van der Waals surface area contributed by atoms with E-state index in [1.54, 1.807) is 18.2 Å². The first-order chi connectivity index (χ1) is 9.92. The minimum Gasteiger partial charge on any atom is -0.393 e. The summed E-state index contributed by atoms with van der Waals surface area (Å²) in [5.41, 5.74) is 6.80. The van der Waals surface area contributed by atoms with Crippen LogP contribution in [0.3, 0.4) is 0 Å². The zero-order valence-electron chi connectivity index (χ0n) is 12.3. The van der Waals surface area contributed by atoms with Crippen LogP contribution in [0, 0.1) is 0 Å². The molecule has 0 radical (unpaired) electrons. The molecule has 1 atom stereocenters. The Bertz CT molecular complexity index is 566. The lowest BCUT2D eigenvalue weighted by molar-refractivity contribution is 0.120. The van der Waals surface area contributed by atoms with Crippen LogP contribution in [0.5, 0.6) is 0 Å². The predicted octanol–water partition coefficient (Wildman–Crippen LogP) is 1.68. The van der Waals surface area contributed by atoms with Crippen LogP contribution in [0.1, 0.15) is 50.6 Å². The van der Waals surface area contributed by atoms with Crippen LogP contribution in [0.2, 0.25) is 0 Å². The summed E-state index contributed by atoms with van der Waals surface area (Å²) in [5, 5.41) is 9.48. The third-order valence-electron chi connectivity index (χ3n) is 4.05. The van der Waals surface area contributed by atoms with Gasteiger partial charge in [-0.3, -0.25) is 0 Å². The van der Waals surface area contributed by atoms with Gasteiger partial charge in [-0.05, 0) is 49.8 Å². The number of hydrogen-bond acceptors (Lipinski definition) is 4. The molecule has 0 spiro atoms. The Morgan fingerprint density at radius 2 is 2.00 bits per heavy atom. The Morgan fingerprint density at radius 3 is 2.62 bits per heavy atom. The molecule has 0 heterocycles. The smallest absolute Gasteiger partial charge is 0.240 e. The Labute approximate surface area is 126 Å². The summed E-state index contributed by atoms with van der Waals surface area (Å²) >= 11 is 0. The second kappa shape index (κ2) is 6.87. The maximum atomic E-state index is 12.4. The summed E-state index contributed by atoms with van der Waals surface area (Å²) < 4.78 is 27.6. The topological polar surface area (TPSA) is 92.4 Å². The van der Waals surface area contributed by atoms with Crippen LogP contribution in [-0.4, -0.2) is 25.7 Å². The van der Waals surface area contributed by atoms with Crippen molar-refractivity contribution in [3.05, 3.63) is 29.8 Å². The van der Waals surface area contributed by atoms with Crippen LogP contribution in [0.4, 0.5) is 0 Å². The Morgan fingerprint density at radius 1 is 1.33 bits per heavy atom. The number of nitrogens with two attached hydrogens (primary N) is 1. The zero-order chi connectivity index (χ0) is 15.5. The van der Waals surface area contributed by atoms with Gasteiger partial charge in [-0.15, -0.1) is 0 Å². The third-order valence-corrected chi connectivity index (χ3v) is 5.57. The molecule has 4 N–H and O–H groups in total. The van der Waals surface area contributed by atoms with E-state index in [4.69, 9.17) is 5.73 Å². The summed E-state index contributed by atoms with van der Waals surface area (Å²) in [7, 11) is -3.53. The molecule has 21 heavy (non-hydrogen) atoms. The quantitative estimate of drug-likeness (QED) is 0.771. The van der Waals surface area contributed by atoms with Crippen molar-refractivity contribution in [2.75, 3.05) is 0 Å². The fraction of sp³-hybridized carbons (Fsp3) is 0.600. The van der Waals surface area contributed by atoms with Crippen LogP contribution in [0.15, 0.2) is 29.2 Å². The van der Waals surface area contributed by atoms with Crippen molar-refractivity contribution in [1.29, 1.82) is 0 Å². The summed E-state index contributed by atoms with van der Waals surface area (Å²) in [4.78, 5) is 0.259. The largest absolute Gasteiger partial charge is 0.393 e. The van der Waals surface area contributed by atoms with Gasteiger partial charge in [0.25, 0.3) is 0 Å². The van der Waals surface area contributed by atoms with E-state index in [0.29, 0.717) is 25.7 Å². The van der Waals surface area contributed by atoms with E-state index >= 15 is 0 Å². The first kappa shape index (κ1) is 16.4. The molecular weight excluding hydrogens is 288 g/mol. The van der Waals surface area contributed by atoms with Gasteiger partial charge in [-0.2, -0.15) is 0 Å². The lowest BCUT2D eigenvalue weighted by atomic mass is 9.94. The van der Waals surface area contributed by atoms with Gasteiger partial charge in [-0.1, -0.05) is 19.1 Å². The molecule has 1 fully saturated rings. The second-order valence-corrected chi connectivity index (χ2v) is 7.43. The van der Waals surface area contributed by atoms with Gasteiger partial charge in [0.05, 0.1) is 11.0 Å². The minimum atomic E-state index is -3.53. The summed E-state index contributed by atoms with van der Waals surface area (Å²) in [6.45, 7) is 1.97. The first-order valence-corrected chi connectivity index (χ1v) is 8.96. The first-order valence-electron chi connectivity index (χ1n) is 7.48. The third kappa shape index (κ3) is 4.26. The van der Waals surface area contributed by atoms with Crippen molar-refractivity contribution in [1.82, 2.24) is 4.72 Å². The highest BCUT2D eigenvalue weighted by Gasteiger charge is 2.25. The number of aliphatic hydroxyl groups excluding tert-OH is 1. The fourth-order valence-electron chi connectivity index (χ4n) is 2.63.